The molecule has 1 aromatic rings. The highest BCUT2D eigenvalue weighted by Crippen LogP contribution is 2.58. The van der Waals surface area contributed by atoms with Gasteiger partial charge in [0.1, 0.15) is 5.82 Å². The van der Waals surface area contributed by atoms with Crippen molar-refractivity contribution in [1.29, 1.82) is 0 Å². The largest absolute Gasteiger partial charge is 0.379 e. The van der Waals surface area contributed by atoms with E-state index in [4.69, 9.17) is 10.5 Å². The van der Waals surface area contributed by atoms with Crippen molar-refractivity contribution in [2.75, 3.05) is 11.9 Å². The molecule has 0 bridgehead atoms. The van der Waals surface area contributed by atoms with E-state index < -0.39 is 5.91 Å². The van der Waals surface area contributed by atoms with Gasteiger partial charge in [-0.05, 0) is 44.4 Å². The second-order valence-corrected chi connectivity index (χ2v) is 6.02. The van der Waals surface area contributed by atoms with Crippen molar-refractivity contribution in [2.24, 2.45) is 11.1 Å². The second-order valence-electron chi connectivity index (χ2n) is 6.02. The first kappa shape index (κ1) is 14.3. The number of carbonyl (C=O) groups is 1. The Morgan fingerprint density at radius 3 is 2.86 bits per heavy atom. The van der Waals surface area contributed by atoms with Gasteiger partial charge in [0.25, 0.3) is 0 Å². The lowest BCUT2D eigenvalue weighted by Crippen LogP contribution is -2.64. The summed E-state index contributed by atoms with van der Waals surface area (Å²) in [5, 5.41) is 3.26. The van der Waals surface area contributed by atoms with Crippen LogP contribution in [0.4, 0.5) is 10.1 Å². The fourth-order valence-electron chi connectivity index (χ4n) is 3.62. The average Bonchev–Trinajstić information content (AvgIpc) is 2.37. The summed E-state index contributed by atoms with van der Waals surface area (Å²) in [5.74, 6) is -0.897. The number of nitrogens with two attached hydrogens (primary N) is 1. The Morgan fingerprint density at radius 1 is 1.52 bits per heavy atom. The van der Waals surface area contributed by atoms with Crippen molar-refractivity contribution in [1.82, 2.24) is 0 Å². The molecule has 2 unspecified atom stereocenters. The van der Waals surface area contributed by atoms with E-state index in [-0.39, 0.29) is 23.4 Å². The summed E-state index contributed by atoms with van der Waals surface area (Å²) in [6, 6.07) is 4.40. The standard InChI is InChI=1S/C16H21FN2O2/c1-2-21-14-9-13(16(14)6-3-7-16)19-12-8-10(15(18)20)4-5-11(12)17/h4-5,8,13-14,19H,2-3,6-7,9H2,1H3,(H2,18,20). The Labute approximate surface area is 123 Å². The van der Waals surface area contributed by atoms with Gasteiger partial charge in [-0.3, -0.25) is 4.79 Å². The molecule has 2 fully saturated rings. The summed E-state index contributed by atoms with van der Waals surface area (Å²) in [4.78, 5) is 11.2. The lowest BCUT2D eigenvalue weighted by Gasteiger charge is -2.61. The minimum Gasteiger partial charge on any atom is -0.379 e. The molecule has 2 saturated carbocycles. The van der Waals surface area contributed by atoms with Crippen LogP contribution in [0.3, 0.4) is 0 Å². The minimum absolute atomic E-state index is 0.144. The van der Waals surface area contributed by atoms with Gasteiger partial charge in [-0.25, -0.2) is 4.39 Å². The van der Waals surface area contributed by atoms with E-state index in [1.165, 1.54) is 24.6 Å². The maximum atomic E-state index is 13.9. The van der Waals surface area contributed by atoms with E-state index in [1.807, 2.05) is 6.92 Å². The lowest BCUT2D eigenvalue weighted by atomic mass is 9.51. The predicted molar refractivity (Wildman–Crippen MR) is 78.6 cm³/mol. The van der Waals surface area contributed by atoms with Crippen molar-refractivity contribution in [3.8, 4) is 0 Å². The summed E-state index contributed by atoms with van der Waals surface area (Å²) in [7, 11) is 0. The van der Waals surface area contributed by atoms with Gasteiger partial charge in [-0.1, -0.05) is 6.42 Å². The number of hydrogen-bond acceptors (Lipinski definition) is 3. The molecular formula is C16H21FN2O2. The van der Waals surface area contributed by atoms with Crippen LogP contribution in [0, 0.1) is 11.2 Å². The molecule has 0 aromatic heterocycles. The molecule has 0 saturated heterocycles. The lowest BCUT2D eigenvalue weighted by molar-refractivity contribution is -0.157. The average molecular weight is 292 g/mol. The summed E-state index contributed by atoms with van der Waals surface area (Å²) in [6.07, 6.45) is 4.59. The molecule has 0 radical (unpaired) electrons. The van der Waals surface area contributed by atoms with Gasteiger partial charge in [0.2, 0.25) is 5.91 Å². The highest BCUT2D eigenvalue weighted by atomic mass is 19.1. The van der Waals surface area contributed by atoms with Crippen LogP contribution in [0.2, 0.25) is 0 Å². The first-order valence-corrected chi connectivity index (χ1v) is 7.54. The summed E-state index contributed by atoms with van der Waals surface area (Å²) >= 11 is 0. The van der Waals surface area contributed by atoms with E-state index in [1.54, 1.807) is 0 Å². The van der Waals surface area contributed by atoms with Crippen LogP contribution >= 0.6 is 0 Å². The fraction of sp³-hybridized carbons (Fsp3) is 0.562. The molecule has 0 aliphatic heterocycles. The van der Waals surface area contributed by atoms with Crippen LogP contribution in [-0.2, 0) is 4.74 Å². The molecule has 5 heteroatoms. The Morgan fingerprint density at radius 2 is 2.29 bits per heavy atom. The van der Waals surface area contributed by atoms with Crippen LogP contribution in [0.1, 0.15) is 43.0 Å². The monoisotopic (exact) mass is 292 g/mol. The Hall–Kier alpha value is -1.62. The van der Waals surface area contributed by atoms with Gasteiger partial charge in [0.15, 0.2) is 0 Å². The summed E-state index contributed by atoms with van der Waals surface area (Å²) < 4.78 is 19.7. The fourth-order valence-corrected chi connectivity index (χ4v) is 3.62. The van der Waals surface area contributed by atoms with Crippen molar-refractivity contribution in [2.45, 2.75) is 44.8 Å². The van der Waals surface area contributed by atoms with Crippen LogP contribution in [0.25, 0.3) is 0 Å². The number of primary amides is 1. The van der Waals surface area contributed by atoms with Gasteiger partial charge in [0.05, 0.1) is 11.8 Å². The minimum atomic E-state index is -0.544. The van der Waals surface area contributed by atoms with Crippen molar-refractivity contribution >= 4 is 11.6 Å². The molecule has 114 valence electrons. The number of hydrogen-bond donors (Lipinski definition) is 2. The molecular weight excluding hydrogens is 271 g/mol. The third-order valence-electron chi connectivity index (χ3n) is 5.02. The number of halogens is 1. The number of anilines is 1. The predicted octanol–water partition coefficient (Wildman–Crippen LogP) is 2.68. The van der Waals surface area contributed by atoms with E-state index in [2.05, 4.69) is 5.32 Å². The SMILES string of the molecule is CCOC1CC(Nc2cc(C(N)=O)ccc2F)C12CCC2. The van der Waals surface area contributed by atoms with Crippen LogP contribution in [0.15, 0.2) is 18.2 Å². The van der Waals surface area contributed by atoms with Gasteiger partial charge in [-0.2, -0.15) is 0 Å². The van der Waals surface area contributed by atoms with Crippen LogP contribution in [-0.4, -0.2) is 24.7 Å². The van der Waals surface area contributed by atoms with Gasteiger partial charge >= 0.3 is 0 Å². The topological polar surface area (TPSA) is 64.3 Å². The number of nitrogens with one attached hydrogen (secondary N) is 1. The molecule has 21 heavy (non-hydrogen) atoms. The molecule has 2 atom stereocenters. The van der Waals surface area contributed by atoms with Gasteiger partial charge in [0, 0.05) is 23.6 Å². The van der Waals surface area contributed by atoms with Crippen molar-refractivity contribution in [3.63, 3.8) is 0 Å². The highest BCUT2D eigenvalue weighted by molar-refractivity contribution is 5.93. The zero-order valence-electron chi connectivity index (χ0n) is 12.2. The third kappa shape index (κ3) is 2.29. The van der Waals surface area contributed by atoms with E-state index in [0.29, 0.717) is 17.9 Å². The Bertz CT molecular complexity index is 557. The number of rotatable bonds is 5. The van der Waals surface area contributed by atoms with E-state index in [9.17, 15) is 9.18 Å². The molecule has 1 amide bonds. The Kier molecular flexibility index (Phi) is 3.61. The quantitative estimate of drug-likeness (QED) is 0.877. The smallest absolute Gasteiger partial charge is 0.248 e. The number of amides is 1. The third-order valence-corrected chi connectivity index (χ3v) is 5.02. The first-order valence-electron chi connectivity index (χ1n) is 7.54. The second kappa shape index (κ2) is 5.30. The molecule has 0 heterocycles. The maximum Gasteiger partial charge on any atom is 0.248 e. The summed E-state index contributed by atoms with van der Waals surface area (Å²) in [5.41, 5.74) is 6.08. The first-order chi connectivity index (χ1) is 10.1. The van der Waals surface area contributed by atoms with Crippen molar-refractivity contribution in [3.05, 3.63) is 29.6 Å². The van der Waals surface area contributed by atoms with Crippen LogP contribution < -0.4 is 11.1 Å². The zero-order valence-corrected chi connectivity index (χ0v) is 12.2. The van der Waals surface area contributed by atoms with E-state index in [0.717, 1.165) is 19.3 Å². The number of carbonyl (C=O) groups excluding carboxylic acids is 1. The molecule has 2 aliphatic carbocycles. The van der Waals surface area contributed by atoms with Crippen molar-refractivity contribution < 1.29 is 13.9 Å². The number of benzene rings is 1. The maximum absolute atomic E-state index is 13.9. The van der Waals surface area contributed by atoms with Crippen LogP contribution in [0.5, 0.6) is 0 Å². The molecule has 1 aromatic carbocycles. The zero-order chi connectivity index (χ0) is 15.0. The molecule has 3 rings (SSSR count). The molecule has 4 nitrogen and oxygen atoms in total. The van der Waals surface area contributed by atoms with E-state index >= 15 is 0 Å². The molecule has 2 aliphatic rings. The molecule has 3 N–H and O–H groups in total. The normalized spacial score (nSPS) is 26.0. The Balaban J connectivity index is 1.75. The summed E-state index contributed by atoms with van der Waals surface area (Å²) in [6.45, 7) is 2.72. The molecule has 1 spiro atoms. The van der Waals surface area contributed by atoms with Gasteiger partial charge < -0.3 is 15.8 Å². The number of ether oxygens (including phenoxy) is 1. The highest BCUT2D eigenvalue weighted by Gasteiger charge is 2.59. The van der Waals surface area contributed by atoms with Gasteiger partial charge in [-0.15, -0.1) is 0 Å².